The van der Waals surface area contributed by atoms with Crippen molar-refractivity contribution in [2.45, 2.75) is 32.0 Å². The van der Waals surface area contributed by atoms with Crippen LogP contribution in [0.1, 0.15) is 23.7 Å². The second-order valence-corrected chi connectivity index (χ2v) is 5.26. The van der Waals surface area contributed by atoms with Crippen LogP contribution >= 0.6 is 27.5 Å². The van der Waals surface area contributed by atoms with Crippen LogP contribution in [0.25, 0.3) is 0 Å². The molecule has 1 aromatic heterocycles. The van der Waals surface area contributed by atoms with Crippen molar-refractivity contribution in [3.63, 3.8) is 0 Å². The van der Waals surface area contributed by atoms with Crippen LogP contribution in [0.3, 0.4) is 0 Å². The van der Waals surface area contributed by atoms with Crippen LogP contribution in [-0.4, -0.2) is 9.81 Å². The Morgan fingerprint density at radius 1 is 1.54 bits per heavy atom. The van der Waals surface area contributed by atoms with Gasteiger partial charge in [0.15, 0.2) is 0 Å². The summed E-state index contributed by atoms with van der Waals surface area (Å²) in [6, 6.07) is 2.07. The summed E-state index contributed by atoms with van der Waals surface area (Å²) >= 11 is 9.56. The first-order valence-corrected chi connectivity index (χ1v) is 5.56. The highest BCUT2D eigenvalue weighted by atomic mass is 79.9. The fourth-order valence-corrected chi connectivity index (χ4v) is 2.03. The molecule has 1 rings (SSSR count). The van der Waals surface area contributed by atoms with E-state index in [9.17, 15) is 0 Å². The maximum Gasteiger partial charge on any atom is 0.132 e. The van der Waals surface area contributed by atoms with Crippen LogP contribution in [0.5, 0.6) is 0 Å². The molecule has 72 valence electrons. The molecule has 1 heterocycles. The third kappa shape index (κ3) is 2.96. The van der Waals surface area contributed by atoms with E-state index in [-0.39, 0.29) is 0 Å². The van der Waals surface area contributed by atoms with E-state index in [0.717, 1.165) is 17.7 Å². The number of halogens is 2. The van der Waals surface area contributed by atoms with E-state index in [1.165, 1.54) is 5.56 Å². The number of hydrogen-bond acceptors (Lipinski definition) is 1. The lowest BCUT2D eigenvalue weighted by molar-refractivity contribution is 0.932. The Morgan fingerprint density at radius 2 is 2.15 bits per heavy atom. The quantitative estimate of drug-likeness (QED) is 0.585. The summed E-state index contributed by atoms with van der Waals surface area (Å²) in [4.78, 5) is 4.67. The van der Waals surface area contributed by atoms with E-state index in [2.05, 4.69) is 40.8 Å². The maximum atomic E-state index is 6.05. The Morgan fingerprint density at radius 3 is 2.62 bits per heavy atom. The SMILES string of the molecule is Cc1cc(C)c(CC(C)Br)c(Cl)n1. The van der Waals surface area contributed by atoms with Gasteiger partial charge in [0, 0.05) is 10.5 Å². The van der Waals surface area contributed by atoms with Gasteiger partial charge in [-0.25, -0.2) is 4.98 Å². The number of aromatic nitrogens is 1. The average Bonchev–Trinajstić information content (AvgIpc) is 1.96. The van der Waals surface area contributed by atoms with Crippen molar-refractivity contribution in [3.05, 3.63) is 28.0 Å². The van der Waals surface area contributed by atoms with E-state index in [1.54, 1.807) is 0 Å². The molecule has 1 nitrogen and oxygen atoms in total. The predicted molar refractivity (Wildman–Crippen MR) is 60.8 cm³/mol. The molecule has 0 aliphatic heterocycles. The normalized spacial score (nSPS) is 13.0. The van der Waals surface area contributed by atoms with Crippen molar-refractivity contribution < 1.29 is 0 Å². The van der Waals surface area contributed by atoms with Crippen LogP contribution in [0, 0.1) is 13.8 Å². The number of rotatable bonds is 2. The van der Waals surface area contributed by atoms with E-state index in [0.29, 0.717) is 9.98 Å². The van der Waals surface area contributed by atoms with Crippen LogP contribution in [0.2, 0.25) is 5.15 Å². The van der Waals surface area contributed by atoms with E-state index in [1.807, 2.05) is 6.92 Å². The summed E-state index contributed by atoms with van der Waals surface area (Å²) < 4.78 is 0. The number of hydrogen-bond donors (Lipinski definition) is 0. The van der Waals surface area contributed by atoms with Gasteiger partial charge in [0.1, 0.15) is 5.15 Å². The Kier molecular flexibility index (Phi) is 3.74. The predicted octanol–water partition coefficient (Wildman–Crippen LogP) is 3.68. The fourth-order valence-electron chi connectivity index (χ4n) is 1.34. The topological polar surface area (TPSA) is 12.9 Å². The molecule has 0 N–H and O–H groups in total. The lowest BCUT2D eigenvalue weighted by Gasteiger charge is -2.09. The van der Waals surface area contributed by atoms with E-state index >= 15 is 0 Å². The summed E-state index contributed by atoms with van der Waals surface area (Å²) in [7, 11) is 0. The number of nitrogens with zero attached hydrogens (tertiary/aromatic N) is 1. The summed E-state index contributed by atoms with van der Waals surface area (Å²) in [5, 5.41) is 0.642. The zero-order valence-electron chi connectivity index (χ0n) is 8.06. The summed E-state index contributed by atoms with van der Waals surface area (Å²) in [5.74, 6) is 0. The number of alkyl halides is 1. The molecule has 0 aliphatic carbocycles. The van der Waals surface area contributed by atoms with Crippen molar-refractivity contribution in [2.75, 3.05) is 0 Å². The summed E-state index contributed by atoms with van der Waals surface area (Å²) in [5.41, 5.74) is 3.36. The molecule has 0 saturated carbocycles. The van der Waals surface area contributed by atoms with Crippen molar-refractivity contribution in [1.29, 1.82) is 0 Å². The Balaban J connectivity index is 3.06. The Bertz CT molecular complexity index is 287. The molecule has 0 aromatic carbocycles. The molecular formula is C10H13BrClN. The van der Waals surface area contributed by atoms with Gasteiger partial charge in [-0.05, 0) is 37.5 Å². The number of aryl methyl sites for hydroxylation is 2. The minimum Gasteiger partial charge on any atom is -0.241 e. The third-order valence-corrected chi connectivity index (χ3v) is 2.55. The van der Waals surface area contributed by atoms with Gasteiger partial charge >= 0.3 is 0 Å². The fraction of sp³-hybridized carbons (Fsp3) is 0.500. The minimum atomic E-state index is 0.438. The first-order valence-electron chi connectivity index (χ1n) is 4.27. The monoisotopic (exact) mass is 261 g/mol. The summed E-state index contributed by atoms with van der Waals surface area (Å²) in [6.45, 7) is 6.14. The molecule has 13 heavy (non-hydrogen) atoms. The molecule has 0 radical (unpaired) electrons. The van der Waals surface area contributed by atoms with Crippen molar-refractivity contribution in [3.8, 4) is 0 Å². The zero-order chi connectivity index (χ0) is 10.0. The van der Waals surface area contributed by atoms with E-state index < -0.39 is 0 Å². The highest BCUT2D eigenvalue weighted by molar-refractivity contribution is 9.09. The molecular weight excluding hydrogens is 249 g/mol. The average molecular weight is 263 g/mol. The lowest BCUT2D eigenvalue weighted by Crippen LogP contribution is -2.02. The summed E-state index contributed by atoms with van der Waals surface area (Å²) in [6.07, 6.45) is 0.929. The first-order chi connectivity index (χ1) is 6.00. The van der Waals surface area contributed by atoms with Gasteiger partial charge < -0.3 is 0 Å². The van der Waals surface area contributed by atoms with Crippen molar-refractivity contribution in [1.82, 2.24) is 4.98 Å². The molecule has 0 bridgehead atoms. The highest BCUT2D eigenvalue weighted by Crippen LogP contribution is 2.21. The largest absolute Gasteiger partial charge is 0.241 e. The smallest absolute Gasteiger partial charge is 0.132 e. The zero-order valence-corrected chi connectivity index (χ0v) is 10.4. The molecule has 0 amide bonds. The number of pyridine rings is 1. The maximum absolute atomic E-state index is 6.05. The highest BCUT2D eigenvalue weighted by Gasteiger charge is 2.08. The van der Waals surface area contributed by atoms with Crippen molar-refractivity contribution in [2.24, 2.45) is 0 Å². The molecule has 0 aliphatic rings. The molecule has 1 unspecified atom stereocenters. The van der Waals surface area contributed by atoms with Crippen LogP contribution < -0.4 is 0 Å². The standard InChI is InChI=1S/C10H13BrClN/c1-6-4-8(3)13-10(12)9(6)5-7(2)11/h4,7H,5H2,1-3H3. The van der Waals surface area contributed by atoms with Gasteiger partial charge in [0.25, 0.3) is 0 Å². The lowest BCUT2D eigenvalue weighted by atomic mass is 10.1. The molecule has 1 aromatic rings. The van der Waals surface area contributed by atoms with Crippen LogP contribution in [0.15, 0.2) is 6.07 Å². The first kappa shape index (κ1) is 11.0. The van der Waals surface area contributed by atoms with Crippen LogP contribution in [0.4, 0.5) is 0 Å². The third-order valence-electron chi connectivity index (χ3n) is 1.91. The van der Waals surface area contributed by atoms with Gasteiger partial charge in [0.2, 0.25) is 0 Å². The van der Waals surface area contributed by atoms with Gasteiger partial charge in [-0.2, -0.15) is 0 Å². The molecule has 0 spiro atoms. The van der Waals surface area contributed by atoms with Gasteiger partial charge in [0.05, 0.1) is 0 Å². The second-order valence-electron chi connectivity index (χ2n) is 3.33. The van der Waals surface area contributed by atoms with E-state index in [4.69, 9.17) is 11.6 Å². The van der Waals surface area contributed by atoms with Gasteiger partial charge in [-0.1, -0.05) is 34.5 Å². The van der Waals surface area contributed by atoms with Crippen molar-refractivity contribution >= 4 is 27.5 Å². The molecule has 1 atom stereocenters. The Labute approximate surface area is 92.6 Å². The molecule has 0 fully saturated rings. The molecule has 3 heteroatoms. The second kappa shape index (κ2) is 4.43. The minimum absolute atomic E-state index is 0.438. The van der Waals surface area contributed by atoms with Gasteiger partial charge in [-0.3, -0.25) is 0 Å². The Hall–Kier alpha value is -0.0800. The van der Waals surface area contributed by atoms with Crippen LogP contribution in [-0.2, 0) is 6.42 Å². The van der Waals surface area contributed by atoms with Gasteiger partial charge in [-0.15, -0.1) is 0 Å². The molecule has 0 saturated heterocycles.